The third kappa shape index (κ3) is 3.17. The Kier molecular flexibility index (Phi) is 4.73. The van der Waals surface area contributed by atoms with Crippen molar-refractivity contribution < 1.29 is 9.53 Å². The molecular weight excluding hydrogens is 390 g/mol. The van der Waals surface area contributed by atoms with Gasteiger partial charge in [-0.3, -0.25) is 4.79 Å². The summed E-state index contributed by atoms with van der Waals surface area (Å²) in [6.45, 7) is 4.53. The van der Waals surface area contributed by atoms with E-state index in [9.17, 15) is 4.79 Å². The fourth-order valence-corrected chi connectivity index (χ4v) is 4.64. The van der Waals surface area contributed by atoms with Crippen molar-refractivity contribution in [3.63, 3.8) is 0 Å². The van der Waals surface area contributed by atoms with Crippen LogP contribution >= 0.6 is 0 Å². The number of carbonyl (C=O) groups is 1. The van der Waals surface area contributed by atoms with Crippen LogP contribution in [-0.2, 0) is 11.2 Å². The van der Waals surface area contributed by atoms with Crippen LogP contribution in [0, 0.1) is 6.92 Å². The number of hydrogen-bond acceptors (Lipinski definition) is 4. The van der Waals surface area contributed by atoms with Crippen LogP contribution in [0.25, 0.3) is 11.0 Å². The smallest absolute Gasteiger partial charge is 0.246 e. The number of ether oxygens (including phenoxy) is 1. The summed E-state index contributed by atoms with van der Waals surface area (Å²) < 4.78 is 7.34. The van der Waals surface area contributed by atoms with Gasteiger partial charge in [-0.1, -0.05) is 24.3 Å². The van der Waals surface area contributed by atoms with E-state index >= 15 is 0 Å². The average molecular weight is 415 g/mol. The first-order valence-corrected chi connectivity index (χ1v) is 10.5. The van der Waals surface area contributed by atoms with Gasteiger partial charge < -0.3 is 19.2 Å². The molecule has 1 aliphatic heterocycles. The minimum absolute atomic E-state index is 0.0562. The largest absolute Gasteiger partial charge is 0.497 e. The summed E-state index contributed by atoms with van der Waals surface area (Å²) in [4.78, 5) is 28.3. The van der Waals surface area contributed by atoms with Crippen LogP contribution < -0.4 is 4.74 Å². The van der Waals surface area contributed by atoms with E-state index in [1.54, 1.807) is 13.4 Å². The number of carbonyl (C=O) groups excluding carboxylic acids is 1. The molecule has 1 N–H and O–H groups in total. The molecule has 31 heavy (non-hydrogen) atoms. The molecule has 0 saturated heterocycles. The average Bonchev–Trinajstić information content (AvgIpc) is 3.41. The van der Waals surface area contributed by atoms with Crippen molar-refractivity contribution in [1.29, 1.82) is 0 Å². The van der Waals surface area contributed by atoms with Crippen LogP contribution in [0.1, 0.15) is 41.8 Å². The highest BCUT2D eigenvalue weighted by Gasteiger charge is 2.36. The highest BCUT2D eigenvalue weighted by molar-refractivity contribution is 5.85. The maximum Gasteiger partial charge on any atom is 0.246 e. The van der Waals surface area contributed by atoms with Gasteiger partial charge >= 0.3 is 0 Å². The van der Waals surface area contributed by atoms with E-state index in [2.05, 4.69) is 15.0 Å². The quantitative estimate of drug-likeness (QED) is 0.550. The van der Waals surface area contributed by atoms with Gasteiger partial charge in [0, 0.05) is 18.7 Å². The summed E-state index contributed by atoms with van der Waals surface area (Å²) in [7, 11) is 1.65. The molecule has 2 atom stereocenters. The second kappa shape index (κ2) is 7.58. The number of imidazole rings is 2. The van der Waals surface area contributed by atoms with Crippen LogP contribution in [0.4, 0.5) is 0 Å². The van der Waals surface area contributed by atoms with E-state index in [0.29, 0.717) is 6.54 Å². The van der Waals surface area contributed by atoms with Crippen molar-refractivity contribution >= 4 is 16.9 Å². The molecule has 7 heteroatoms. The highest BCUT2D eigenvalue weighted by Crippen LogP contribution is 2.36. The molecular formula is C24H25N5O2. The maximum absolute atomic E-state index is 13.8. The number of nitrogens with one attached hydrogen (secondary N) is 1. The lowest BCUT2D eigenvalue weighted by Crippen LogP contribution is -2.43. The molecule has 0 radical (unpaired) electrons. The van der Waals surface area contributed by atoms with Gasteiger partial charge in [0.15, 0.2) is 0 Å². The number of hydrogen-bond donors (Lipinski definition) is 1. The predicted octanol–water partition coefficient (Wildman–Crippen LogP) is 3.81. The standard InChI is InChI=1S/C24H25N5O2/c1-15(29-16(2)27-19-6-4-5-7-21(19)29)24(30)28-13-12-20-22(26-14-25-20)23(28)17-8-10-18(31-3)11-9-17/h4-11,14-15,23H,12-13H2,1-3H3,(H,25,26)/t15-,23-/m0/s1. The minimum atomic E-state index is -0.381. The van der Waals surface area contributed by atoms with Crippen molar-refractivity contribution in [2.75, 3.05) is 13.7 Å². The van der Waals surface area contributed by atoms with Gasteiger partial charge in [0.2, 0.25) is 5.91 Å². The van der Waals surface area contributed by atoms with E-state index in [0.717, 1.165) is 46.0 Å². The zero-order chi connectivity index (χ0) is 21.5. The number of aromatic amines is 1. The molecule has 158 valence electrons. The number of aromatic nitrogens is 4. The first-order valence-electron chi connectivity index (χ1n) is 10.5. The van der Waals surface area contributed by atoms with E-state index < -0.39 is 0 Å². The Morgan fingerprint density at radius 1 is 1.19 bits per heavy atom. The van der Waals surface area contributed by atoms with Crippen molar-refractivity contribution in [1.82, 2.24) is 24.4 Å². The highest BCUT2D eigenvalue weighted by atomic mass is 16.5. The van der Waals surface area contributed by atoms with Crippen molar-refractivity contribution in [3.8, 4) is 5.75 Å². The molecule has 1 amide bonds. The topological polar surface area (TPSA) is 76.0 Å². The molecule has 4 aromatic rings. The summed E-state index contributed by atoms with van der Waals surface area (Å²) in [6.07, 6.45) is 2.47. The molecule has 2 aromatic carbocycles. The predicted molar refractivity (Wildman–Crippen MR) is 118 cm³/mol. The zero-order valence-corrected chi connectivity index (χ0v) is 17.9. The van der Waals surface area contributed by atoms with Crippen LogP contribution in [-0.4, -0.2) is 44.0 Å². The number of amides is 1. The Balaban J connectivity index is 1.55. The molecule has 3 heterocycles. The molecule has 0 saturated carbocycles. The number of para-hydroxylation sites is 2. The summed E-state index contributed by atoms with van der Waals surface area (Å²) in [5.74, 6) is 1.68. The van der Waals surface area contributed by atoms with Gasteiger partial charge in [0.1, 0.15) is 23.7 Å². The Morgan fingerprint density at radius 3 is 2.74 bits per heavy atom. The van der Waals surface area contributed by atoms with Crippen LogP contribution in [0.3, 0.4) is 0 Å². The van der Waals surface area contributed by atoms with Gasteiger partial charge in [0.25, 0.3) is 0 Å². The summed E-state index contributed by atoms with van der Waals surface area (Å²) in [5, 5.41) is 0. The molecule has 2 aromatic heterocycles. The number of H-pyrrole nitrogens is 1. The number of methoxy groups -OCH3 is 1. The van der Waals surface area contributed by atoms with E-state index in [4.69, 9.17) is 4.74 Å². The van der Waals surface area contributed by atoms with Gasteiger partial charge in [-0.2, -0.15) is 0 Å². The fraction of sp³-hybridized carbons (Fsp3) is 0.292. The SMILES string of the molecule is COc1ccc([C@H]2c3nc[nH]c3CCN2C(=O)[C@H](C)n2c(C)nc3ccccc32)cc1. The number of benzene rings is 2. The number of rotatable bonds is 4. The fourth-order valence-electron chi connectivity index (χ4n) is 4.64. The Bertz CT molecular complexity index is 1240. The van der Waals surface area contributed by atoms with E-state index in [1.807, 2.05) is 71.8 Å². The third-order valence-corrected chi connectivity index (χ3v) is 6.16. The number of aryl methyl sites for hydroxylation is 1. The van der Waals surface area contributed by atoms with Crippen molar-refractivity contribution in [2.45, 2.75) is 32.4 Å². The summed E-state index contributed by atoms with van der Waals surface area (Å²) >= 11 is 0. The molecule has 0 aliphatic carbocycles. The molecule has 1 aliphatic rings. The molecule has 0 fully saturated rings. The lowest BCUT2D eigenvalue weighted by Gasteiger charge is -2.37. The van der Waals surface area contributed by atoms with Crippen LogP contribution in [0.2, 0.25) is 0 Å². The lowest BCUT2D eigenvalue weighted by molar-refractivity contribution is -0.136. The van der Waals surface area contributed by atoms with Gasteiger partial charge in [-0.25, -0.2) is 9.97 Å². The lowest BCUT2D eigenvalue weighted by atomic mass is 9.94. The summed E-state index contributed by atoms with van der Waals surface area (Å²) in [5.41, 5.74) is 4.88. The molecule has 0 bridgehead atoms. The molecule has 0 unspecified atom stereocenters. The van der Waals surface area contributed by atoms with E-state index in [-0.39, 0.29) is 18.0 Å². The van der Waals surface area contributed by atoms with Crippen molar-refractivity contribution in [3.05, 3.63) is 77.6 Å². The number of fused-ring (bicyclic) bond motifs is 2. The second-order valence-corrected chi connectivity index (χ2v) is 7.92. The molecule has 7 nitrogen and oxygen atoms in total. The monoisotopic (exact) mass is 415 g/mol. The minimum Gasteiger partial charge on any atom is -0.497 e. The Morgan fingerprint density at radius 2 is 1.97 bits per heavy atom. The first kappa shape index (κ1) is 19.4. The van der Waals surface area contributed by atoms with Crippen LogP contribution in [0.5, 0.6) is 5.75 Å². The first-order chi connectivity index (χ1) is 15.1. The number of nitrogens with zero attached hydrogens (tertiary/aromatic N) is 4. The zero-order valence-electron chi connectivity index (χ0n) is 17.9. The third-order valence-electron chi connectivity index (χ3n) is 6.16. The Hall–Kier alpha value is -3.61. The normalized spacial score (nSPS) is 16.9. The maximum atomic E-state index is 13.8. The summed E-state index contributed by atoms with van der Waals surface area (Å²) in [6, 6.07) is 15.2. The van der Waals surface area contributed by atoms with Gasteiger partial charge in [-0.05, 0) is 43.7 Å². The Labute approximate surface area is 180 Å². The van der Waals surface area contributed by atoms with Gasteiger partial charge in [-0.15, -0.1) is 0 Å². The van der Waals surface area contributed by atoms with E-state index in [1.165, 1.54) is 0 Å². The molecule has 0 spiro atoms. The molecule has 5 rings (SSSR count). The van der Waals surface area contributed by atoms with Crippen LogP contribution in [0.15, 0.2) is 54.9 Å². The van der Waals surface area contributed by atoms with Gasteiger partial charge in [0.05, 0.1) is 30.2 Å². The van der Waals surface area contributed by atoms with Crippen molar-refractivity contribution in [2.24, 2.45) is 0 Å². The second-order valence-electron chi connectivity index (χ2n) is 7.92.